The number of halogens is 3. The van der Waals surface area contributed by atoms with Crippen LogP contribution in [0, 0.1) is 5.82 Å². The summed E-state index contributed by atoms with van der Waals surface area (Å²) in [6, 6.07) is 13.6. The first-order valence-electron chi connectivity index (χ1n) is 6.50. The Kier molecular flexibility index (Phi) is 3.98. The average Bonchev–Trinajstić information content (AvgIpc) is 2.38. The number of nitrogens with one attached hydrogen (secondary N) is 1. The van der Waals surface area contributed by atoms with E-state index in [9.17, 15) is 4.39 Å². The molecular formula is C16H14Br2FN. The topological polar surface area (TPSA) is 12.0 Å². The van der Waals surface area contributed by atoms with Crippen molar-refractivity contribution in [3.63, 3.8) is 0 Å². The summed E-state index contributed by atoms with van der Waals surface area (Å²) in [5.74, 6) is -0.195. The van der Waals surface area contributed by atoms with E-state index in [2.05, 4.69) is 55.4 Å². The SMILES string of the molecule is Fc1cccc(CC2(c3cccc(Br)c3)CNC2)c1Br. The van der Waals surface area contributed by atoms with Gasteiger partial charge in [0.2, 0.25) is 0 Å². The minimum absolute atomic E-state index is 0.0556. The maximum Gasteiger partial charge on any atom is 0.137 e. The highest BCUT2D eigenvalue weighted by Gasteiger charge is 2.39. The maximum absolute atomic E-state index is 13.7. The maximum atomic E-state index is 13.7. The first-order valence-corrected chi connectivity index (χ1v) is 8.09. The molecule has 0 radical (unpaired) electrons. The zero-order chi connectivity index (χ0) is 14.2. The van der Waals surface area contributed by atoms with Crippen molar-refractivity contribution in [2.24, 2.45) is 0 Å². The zero-order valence-electron chi connectivity index (χ0n) is 10.8. The molecule has 20 heavy (non-hydrogen) atoms. The Hall–Kier alpha value is -0.710. The molecule has 1 heterocycles. The second kappa shape index (κ2) is 5.58. The lowest BCUT2D eigenvalue weighted by atomic mass is 9.71. The molecule has 104 valence electrons. The lowest BCUT2D eigenvalue weighted by Gasteiger charge is -2.44. The normalized spacial score (nSPS) is 16.8. The predicted octanol–water partition coefficient (Wildman–Crippen LogP) is 4.43. The molecule has 0 atom stereocenters. The largest absolute Gasteiger partial charge is 0.315 e. The summed E-state index contributed by atoms with van der Waals surface area (Å²) >= 11 is 6.90. The van der Waals surface area contributed by atoms with Gasteiger partial charge in [-0.25, -0.2) is 4.39 Å². The van der Waals surface area contributed by atoms with Crippen LogP contribution < -0.4 is 5.32 Å². The van der Waals surface area contributed by atoms with E-state index in [0.717, 1.165) is 29.5 Å². The Bertz CT molecular complexity index is 638. The summed E-state index contributed by atoms with van der Waals surface area (Å²) in [5, 5.41) is 3.35. The summed E-state index contributed by atoms with van der Waals surface area (Å²) in [7, 11) is 0. The smallest absolute Gasteiger partial charge is 0.137 e. The highest BCUT2D eigenvalue weighted by Crippen LogP contribution is 2.36. The molecule has 0 aromatic heterocycles. The van der Waals surface area contributed by atoms with Crippen LogP contribution in [-0.2, 0) is 11.8 Å². The van der Waals surface area contributed by atoms with Gasteiger partial charge in [0.1, 0.15) is 5.82 Å². The third-order valence-electron chi connectivity index (χ3n) is 3.92. The summed E-state index contributed by atoms with van der Waals surface area (Å²) in [6.07, 6.45) is 0.828. The molecule has 4 heteroatoms. The van der Waals surface area contributed by atoms with Gasteiger partial charge >= 0.3 is 0 Å². The molecule has 2 aromatic carbocycles. The van der Waals surface area contributed by atoms with Gasteiger partial charge in [-0.15, -0.1) is 0 Å². The lowest BCUT2D eigenvalue weighted by Crippen LogP contribution is -2.58. The highest BCUT2D eigenvalue weighted by molar-refractivity contribution is 9.10. The number of rotatable bonds is 3. The van der Waals surface area contributed by atoms with Gasteiger partial charge in [-0.1, -0.05) is 40.2 Å². The fourth-order valence-electron chi connectivity index (χ4n) is 2.73. The van der Waals surface area contributed by atoms with Crippen LogP contribution in [-0.4, -0.2) is 13.1 Å². The molecule has 0 saturated carbocycles. The Morgan fingerprint density at radius 2 is 1.85 bits per heavy atom. The molecule has 1 saturated heterocycles. The molecule has 0 spiro atoms. The fourth-order valence-corrected chi connectivity index (χ4v) is 3.53. The van der Waals surface area contributed by atoms with Crippen molar-refractivity contribution in [2.45, 2.75) is 11.8 Å². The first kappa shape index (κ1) is 14.2. The van der Waals surface area contributed by atoms with Crippen molar-refractivity contribution in [2.75, 3.05) is 13.1 Å². The van der Waals surface area contributed by atoms with Gasteiger partial charge in [0.05, 0.1) is 4.47 Å². The van der Waals surface area contributed by atoms with E-state index in [1.165, 1.54) is 11.6 Å². The van der Waals surface area contributed by atoms with E-state index in [1.54, 1.807) is 6.07 Å². The first-order chi connectivity index (χ1) is 9.61. The number of hydrogen-bond donors (Lipinski definition) is 1. The number of benzene rings is 2. The second-order valence-corrected chi connectivity index (χ2v) is 6.99. The van der Waals surface area contributed by atoms with E-state index in [1.807, 2.05) is 12.1 Å². The van der Waals surface area contributed by atoms with Gasteiger partial charge in [0.15, 0.2) is 0 Å². The van der Waals surface area contributed by atoms with E-state index in [-0.39, 0.29) is 11.2 Å². The van der Waals surface area contributed by atoms with Crippen molar-refractivity contribution in [3.8, 4) is 0 Å². The molecule has 3 rings (SSSR count). The van der Waals surface area contributed by atoms with Crippen molar-refractivity contribution >= 4 is 31.9 Å². The second-order valence-electron chi connectivity index (χ2n) is 5.28. The molecule has 2 aromatic rings. The van der Waals surface area contributed by atoms with Crippen LogP contribution in [0.15, 0.2) is 51.4 Å². The molecule has 0 amide bonds. The Morgan fingerprint density at radius 1 is 1.10 bits per heavy atom. The van der Waals surface area contributed by atoms with Crippen LogP contribution in [0.25, 0.3) is 0 Å². The van der Waals surface area contributed by atoms with Crippen molar-refractivity contribution < 1.29 is 4.39 Å². The fraction of sp³-hybridized carbons (Fsp3) is 0.250. The van der Waals surface area contributed by atoms with Gasteiger partial charge in [0, 0.05) is 23.0 Å². The van der Waals surface area contributed by atoms with E-state index in [4.69, 9.17) is 0 Å². The minimum atomic E-state index is -0.195. The molecule has 0 bridgehead atoms. The van der Waals surface area contributed by atoms with Crippen LogP contribution >= 0.6 is 31.9 Å². The van der Waals surface area contributed by atoms with E-state index >= 15 is 0 Å². The molecule has 1 nitrogen and oxygen atoms in total. The van der Waals surface area contributed by atoms with Gasteiger partial charge in [-0.05, 0) is 51.7 Å². The van der Waals surface area contributed by atoms with E-state index in [0.29, 0.717) is 4.47 Å². The van der Waals surface area contributed by atoms with Crippen molar-refractivity contribution in [1.29, 1.82) is 0 Å². The molecule has 0 aliphatic carbocycles. The summed E-state index contributed by atoms with van der Waals surface area (Å²) in [5.41, 5.74) is 2.37. The molecule has 0 unspecified atom stereocenters. The van der Waals surface area contributed by atoms with Crippen LogP contribution in [0.4, 0.5) is 4.39 Å². The van der Waals surface area contributed by atoms with Crippen LogP contribution in [0.2, 0.25) is 0 Å². The monoisotopic (exact) mass is 397 g/mol. The summed E-state index contributed by atoms with van der Waals surface area (Å²) in [4.78, 5) is 0. The Balaban J connectivity index is 1.96. The summed E-state index contributed by atoms with van der Waals surface area (Å²) < 4.78 is 15.3. The Labute approximate surface area is 134 Å². The molecular weight excluding hydrogens is 385 g/mol. The van der Waals surface area contributed by atoms with Crippen LogP contribution in [0.5, 0.6) is 0 Å². The average molecular weight is 399 g/mol. The molecule has 1 fully saturated rings. The zero-order valence-corrected chi connectivity index (χ0v) is 14.0. The third kappa shape index (κ3) is 2.57. The van der Waals surface area contributed by atoms with E-state index < -0.39 is 0 Å². The molecule has 1 aliphatic rings. The number of hydrogen-bond acceptors (Lipinski definition) is 1. The van der Waals surface area contributed by atoms with Gasteiger partial charge in [-0.3, -0.25) is 0 Å². The quantitative estimate of drug-likeness (QED) is 0.806. The van der Waals surface area contributed by atoms with Crippen molar-refractivity contribution in [3.05, 3.63) is 68.4 Å². The van der Waals surface area contributed by atoms with Gasteiger partial charge < -0.3 is 5.32 Å². The lowest BCUT2D eigenvalue weighted by molar-refractivity contribution is 0.274. The predicted molar refractivity (Wildman–Crippen MR) is 86.5 cm³/mol. The Morgan fingerprint density at radius 3 is 2.50 bits per heavy atom. The molecule has 1 aliphatic heterocycles. The highest BCUT2D eigenvalue weighted by atomic mass is 79.9. The summed E-state index contributed by atoms with van der Waals surface area (Å²) in [6.45, 7) is 1.85. The van der Waals surface area contributed by atoms with Crippen LogP contribution in [0.3, 0.4) is 0 Å². The van der Waals surface area contributed by atoms with Gasteiger partial charge in [-0.2, -0.15) is 0 Å². The third-order valence-corrected chi connectivity index (χ3v) is 5.31. The molecule has 1 N–H and O–H groups in total. The van der Waals surface area contributed by atoms with Crippen molar-refractivity contribution in [1.82, 2.24) is 5.32 Å². The standard InChI is InChI=1S/C16H14Br2FN/c17-13-5-2-4-12(7-13)16(9-20-10-16)8-11-3-1-6-14(19)15(11)18/h1-7,20H,8-10H2. The minimum Gasteiger partial charge on any atom is -0.315 e. The van der Waals surface area contributed by atoms with Crippen LogP contribution in [0.1, 0.15) is 11.1 Å². The van der Waals surface area contributed by atoms with Gasteiger partial charge in [0.25, 0.3) is 0 Å².